The molecule has 2 N–H and O–H groups in total. The Bertz CT molecular complexity index is 1290. The van der Waals surface area contributed by atoms with Crippen molar-refractivity contribution in [3.05, 3.63) is 89.7 Å². The molecule has 1 heterocycles. The highest BCUT2D eigenvalue weighted by Crippen LogP contribution is 2.25. The summed E-state index contributed by atoms with van der Waals surface area (Å²) in [4.78, 5) is 9.11. The molecule has 0 unspecified atom stereocenters. The van der Waals surface area contributed by atoms with Gasteiger partial charge in [0.1, 0.15) is 5.82 Å². The minimum atomic E-state index is -3.85. The Morgan fingerprint density at radius 2 is 1.43 bits per heavy atom. The van der Waals surface area contributed by atoms with Crippen molar-refractivity contribution >= 4 is 32.7 Å². The lowest BCUT2D eigenvalue weighted by molar-refractivity contribution is 0.601. The first-order chi connectivity index (χ1) is 14.4. The molecule has 0 aliphatic rings. The van der Waals surface area contributed by atoms with E-state index in [1.165, 1.54) is 24.3 Å². The number of sulfonamides is 1. The number of hydrogen-bond acceptors (Lipinski definition) is 5. The van der Waals surface area contributed by atoms with Crippen molar-refractivity contribution in [2.45, 2.75) is 18.4 Å². The third-order valence-corrected chi connectivity index (χ3v) is 5.86. The van der Waals surface area contributed by atoms with Gasteiger partial charge in [0.05, 0.1) is 15.9 Å². The third kappa shape index (κ3) is 4.38. The van der Waals surface area contributed by atoms with Crippen molar-refractivity contribution < 1.29 is 12.8 Å². The van der Waals surface area contributed by atoms with Gasteiger partial charge in [-0.05, 0) is 48.9 Å². The molecule has 0 saturated heterocycles. The number of halogens is 1. The molecule has 0 aliphatic carbocycles. The summed E-state index contributed by atoms with van der Waals surface area (Å²) in [6.07, 6.45) is 0. The van der Waals surface area contributed by atoms with Crippen LogP contribution in [0.25, 0.3) is 11.0 Å². The molecule has 6 nitrogen and oxygen atoms in total. The summed E-state index contributed by atoms with van der Waals surface area (Å²) in [7, 11) is -3.85. The maximum absolute atomic E-state index is 13.1. The zero-order chi connectivity index (χ0) is 21.1. The van der Waals surface area contributed by atoms with Crippen LogP contribution in [0, 0.1) is 12.7 Å². The van der Waals surface area contributed by atoms with Crippen LogP contribution in [-0.2, 0) is 16.6 Å². The fourth-order valence-corrected chi connectivity index (χ4v) is 3.90. The maximum Gasteiger partial charge on any atom is 0.263 e. The van der Waals surface area contributed by atoms with Crippen LogP contribution >= 0.6 is 0 Å². The molecule has 0 aliphatic heterocycles. The first kappa shape index (κ1) is 19.8. The van der Waals surface area contributed by atoms with Crippen molar-refractivity contribution in [2.24, 2.45) is 0 Å². The van der Waals surface area contributed by atoms with Gasteiger partial charge in [-0.15, -0.1) is 0 Å². The lowest BCUT2D eigenvalue weighted by Gasteiger charge is -2.14. The van der Waals surface area contributed by atoms with Crippen molar-refractivity contribution in [1.82, 2.24) is 9.97 Å². The van der Waals surface area contributed by atoms with Crippen molar-refractivity contribution in [3.63, 3.8) is 0 Å². The van der Waals surface area contributed by atoms with E-state index in [0.29, 0.717) is 17.6 Å². The summed E-state index contributed by atoms with van der Waals surface area (Å²) in [5, 5.41) is 3.10. The fraction of sp³-hybridized carbons (Fsp3) is 0.0909. The largest absolute Gasteiger partial charge is 0.363 e. The Balaban J connectivity index is 1.68. The van der Waals surface area contributed by atoms with Gasteiger partial charge in [-0.3, -0.25) is 4.72 Å². The molecule has 0 fully saturated rings. The number of nitrogens with zero attached hydrogens (tertiary/aromatic N) is 2. The first-order valence-electron chi connectivity index (χ1n) is 9.25. The molecule has 8 heteroatoms. The van der Waals surface area contributed by atoms with Crippen molar-refractivity contribution in [1.29, 1.82) is 0 Å². The van der Waals surface area contributed by atoms with Gasteiger partial charge in [0, 0.05) is 6.54 Å². The summed E-state index contributed by atoms with van der Waals surface area (Å²) < 4.78 is 41.4. The van der Waals surface area contributed by atoms with E-state index < -0.39 is 10.0 Å². The molecule has 0 spiro atoms. The average molecular weight is 422 g/mol. The first-order valence-corrected chi connectivity index (χ1v) is 10.7. The predicted octanol–water partition coefficient (Wildman–Crippen LogP) is 4.49. The number of para-hydroxylation sites is 2. The molecule has 4 rings (SSSR count). The molecular weight excluding hydrogens is 403 g/mol. The molecule has 0 bridgehead atoms. The number of fused-ring (bicyclic) bond motifs is 1. The van der Waals surface area contributed by atoms with E-state index in [2.05, 4.69) is 20.0 Å². The highest BCUT2D eigenvalue weighted by atomic mass is 32.2. The number of anilines is 2. The van der Waals surface area contributed by atoms with Gasteiger partial charge in [-0.25, -0.2) is 22.8 Å². The fourth-order valence-electron chi connectivity index (χ4n) is 2.89. The summed E-state index contributed by atoms with van der Waals surface area (Å²) in [6, 6.07) is 19.8. The molecule has 0 atom stereocenters. The Labute approximate surface area is 173 Å². The zero-order valence-electron chi connectivity index (χ0n) is 16.1. The number of rotatable bonds is 6. The number of aryl methyl sites for hydroxylation is 1. The van der Waals surface area contributed by atoms with Crippen LogP contribution in [0.4, 0.5) is 16.0 Å². The maximum atomic E-state index is 13.1. The second-order valence-corrected chi connectivity index (χ2v) is 8.49. The van der Waals surface area contributed by atoms with Crippen LogP contribution in [0.3, 0.4) is 0 Å². The van der Waals surface area contributed by atoms with Crippen LogP contribution in [0.1, 0.15) is 11.1 Å². The normalized spacial score (nSPS) is 11.4. The Kier molecular flexibility index (Phi) is 5.33. The van der Waals surface area contributed by atoms with Gasteiger partial charge in [0.25, 0.3) is 10.0 Å². The topological polar surface area (TPSA) is 84.0 Å². The van der Waals surface area contributed by atoms with Crippen molar-refractivity contribution in [2.75, 3.05) is 10.0 Å². The standard InChI is InChI=1S/C22H19FN4O2S/c1-15-6-12-18(13-7-15)30(28,29)27-22-21(24-14-16-8-10-17(23)11-9-16)25-19-4-2-3-5-20(19)26-22/h2-13H,14H2,1H3,(H,24,25)(H,26,27). The van der Waals surface area contributed by atoms with E-state index >= 15 is 0 Å². The summed E-state index contributed by atoms with van der Waals surface area (Å²) in [5.41, 5.74) is 2.96. The lowest BCUT2D eigenvalue weighted by Crippen LogP contribution is -2.16. The van der Waals surface area contributed by atoms with Crippen LogP contribution in [0.5, 0.6) is 0 Å². The van der Waals surface area contributed by atoms with Gasteiger partial charge in [0.2, 0.25) is 0 Å². The molecule has 152 valence electrons. The molecule has 30 heavy (non-hydrogen) atoms. The Morgan fingerprint density at radius 1 is 0.833 bits per heavy atom. The van der Waals surface area contributed by atoms with E-state index in [1.807, 2.05) is 13.0 Å². The third-order valence-electron chi connectivity index (χ3n) is 4.51. The van der Waals surface area contributed by atoms with Crippen LogP contribution in [0.15, 0.2) is 77.7 Å². The smallest absolute Gasteiger partial charge is 0.263 e. The second kappa shape index (κ2) is 8.08. The molecular formula is C22H19FN4O2S. The predicted molar refractivity (Wildman–Crippen MR) is 115 cm³/mol. The van der Waals surface area contributed by atoms with Gasteiger partial charge in [-0.1, -0.05) is 42.0 Å². The number of hydrogen-bond donors (Lipinski definition) is 2. The minimum absolute atomic E-state index is 0.0939. The van der Waals surface area contributed by atoms with Crippen LogP contribution < -0.4 is 10.0 Å². The number of aromatic nitrogens is 2. The average Bonchev–Trinajstić information content (AvgIpc) is 2.73. The zero-order valence-corrected chi connectivity index (χ0v) is 16.9. The summed E-state index contributed by atoms with van der Waals surface area (Å²) >= 11 is 0. The lowest BCUT2D eigenvalue weighted by atomic mass is 10.2. The number of benzene rings is 3. The van der Waals surface area contributed by atoms with Crippen LogP contribution in [-0.4, -0.2) is 18.4 Å². The molecule has 3 aromatic carbocycles. The Morgan fingerprint density at radius 3 is 2.07 bits per heavy atom. The minimum Gasteiger partial charge on any atom is -0.363 e. The van der Waals surface area contributed by atoms with E-state index in [4.69, 9.17) is 0 Å². The Hall–Kier alpha value is -3.52. The van der Waals surface area contributed by atoms with Gasteiger partial charge in [-0.2, -0.15) is 0 Å². The van der Waals surface area contributed by atoms with E-state index in [9.17, 15) is 12.8 Å². The SMILES string of the molecule is Cc1ccc(S(=O)(=O)Nc2nc3ccccc3nc2NCc2ccc(F)cc2)cc1. The van der Waals surface area contributed by atoms with E-state index in [-0.39, 0.29) is 22.3 Å². The van der Waals surface area contributed by atoms with E-state index in [1.54, 1.807) is 42.5 Å². The van der Waals surface area contributed by atoms with Gasteiger partial charge >= 0.3 is 0 Å². The molecule has 4 aromatic rings. The van der Waals surface area contributed by atoms with Gasteiger partial charge < -0.3 is 5.32 Å². The monoisotopic (exact) mass is 422 g/mol. The molecule has 0 amide bonds. The molecule has 0 saturated carbocycles. The van der Waals surface area contributed by atoms with Crippen molar-refractivity contribution in [3.8, 4) is 0 Å². The van der Waals surface area contributed by atoms with E-state index in [0.717, 1.165) is 11.1 Å². The summed E-state index contributed by atoms with van der Waals surface area (Å²) in [5.74, 6) is 0.0564. The second-order valence-electron chi connectivity index (χ2n) is 6.81. The highest BCUT2D eigenvalue weighted by Gasteiger charge is 2.18. The molecule has 0 radical (unpaired) electrons. The number of nitrogens with one attached hydrogen (secondary N) is 2. The summed E-state index contributed by atoms with van der Waals surface area (Å²) in [6.45, 7) is 2.21. The quantitative estimate of drug-likeness (QED) is 0.478. The van der Waals surface area contributed by atoms with Crippen LogP contribution in [0.2, 0.25) is 0 Å². The van der Waals surface area contributed by atoms with Gasteiger partial charge in [0.15, 0.2) is 11.6 Å². The highest BCUT2D eigenvalue weighted by molar-refractivity contribution is 7.92. The molecule has 1 aromatic heterocycles.